The van der Waals surface area contributed by atoms with Crippen LogP contribution in [0.4, 0.5) is 8.78 Å². The molecule has 5 aromatic rings. The molecule has 10 nitrogen and oxygen atoms in total. The Hall–Kier alpha value is -4.89. The lowest BCUT2D eigenvalue weighted by molar-refractivity contribution is -0.130. The molecule has 0 unspecified atom stereocenters. The van der Waals surface area contributed by atoms with Gasteiger partial charge in [-0.15, -0.1) is 0 Å². The summed E-state index contributed by atoms with van der Waals surface area (Å²) in [5.74, 6) is -0.428. The van der Waals surface area contributed by atoms with E-state index < -0.39 is 12.5 Å². The molecule has 7 rings (SSSR count). The minimum absolute atomic E-state index is 0.128. The van der Waals surface area contributed by atoms with Crippen LogP contribution in [0.1, 0.15) is 61.8 Å². The summed E-state index contributed by atoms with van der Waals surface area (Å²) in [4.78, 5) is 21.8. The number of halogens is 2. The highest BCUT2D eigenvalue weighted by Gasteiger charge is 2.35. The van der Waals surface area contributed by atoms with Crippen molar-refractivity contribution in [3.8, 4) is 23.1 Å². The van der Waals surface area contributed by atoms with E-state index in [-0.39, 0.29) is 42.1 Å². The van der Waals surface area contributed by atoms with E-state index in [1.807, 2.05) is 44.5 Å². The van der Waals surface area contributed by atoms with Gasteiger partial charge in [0, 0.05) is 41.0 Å². The number of likely N-dealkylation sites (tertiary alicyclic amines) is 2. The number of allylic oxidation sites excluding steroid dienone is 1. The number of pyridine rings is 1. The van der Waals surface area contributed by atoms with E-state index >= 15 is 4.39 Å². The average molecular weight is 681 g/mol. The topological polar surface area (TPSA) is 116 Å². The van der Waals surface area contributed by atoms with Crippen molar-refractivity contribution < 1.29 is 18.3 Å². The second kappa shape index (κ2) is 13.4. The third kappa shape index (κ3) is 5.67. The Morgan fingerprint density at radius 3 is 2.70 bits per heavy atom. The number of hydrogen-bond donors (Lipinski definition) is 1. The fraction of sp³-hybridized carbons (Fsp3) is 0.447. The van der Waals surface area contributed by atoms with Crippen molar-refractivity contribution in [3.05, 3.63) is 59.2 Å². The minimum atomic E-state index is -0.736. The predicted octanol–water partition coefficient (Wildman–Crippen LogP) is 7.03. The number of fused-ring (bicyclic) bond motifs is 4. The van der Waals surface area contributed by atoms with E-state index in [2.05, 4.69) is 28.2 Å². The molecule has 12 heteroatoms. The number of ether oxygens (including phenoxy) is 1. The number of likely N-dealkylation sites (N-methyl/N-ethyl adjacent to an activating group) is 1. The fourth-order valence-electron chi connectivity index (χ4n) is 8.20. The number of benzene rings is 2. The van der Waals surface area contributed by atoms with Crippen molar-refractivity contribution in [2.45, 2.75) is 84.0 Å². The van der Waals surface area contributed by atoms with Crippen molar-refractivity contribution in [1.29, 1.82) is 5.26 Å². The van der Waals surface area contributed by atoms with Crippen LogP contribution in [-0.4, -0.2) is 85.7 Å². The summed E-state index contributed by atoms with van der Waals surface area (Å²) >= 11 is 0. The summed E-state index contributed by atoms with van der Waals surface area (Å²) in [6.45, 7) is 8.59. The highest BCUT2D eigenvalue weighted by atomic mass is 19.1. The van der Waals surface area contributed by atoms with Crippen LogP contribution in [0.2, 0.25) is 0 Å². The molecule has 4 atom stereocenters. The largest absolute Gasteiger partial charge is 0.472 e. The van der Waals surface area contributed by atoms with Gasteiger partial charge in [-0.1, -0.05) is 0 Å². The molecule has 1 N–H and O–H groups in total. The van der Waals surface area contributed by atoms with Crippen LogP contribution in [-0.2, 0) is 4.79 Å². The summed E-state index contributed by atoms with van der Waals surface area (Å²) in [6.07, 6.45) is 8.91. The maximum absolute atomic E-state index is 17.4. The lowest BCUT2D eigenvalue weighted by Gasteiger charge is -2.38. The number of aromatic amines is 1. The van der Waals surface area contributed by atoms with Crippen molar-refractivity contribution in [2.24, 2.45) is 0 Å². The maximum Gasteiger partial charge on any atom is 0.246 e. The Kier molecular flexibility index (Phi) is 9.03. The number of amides is 1. The first-order chi connectivity index (χ1) is 24.1. The van der Waals surface area contributed by atoms with E-state index in [0.29, 0.717) is 47.1 Å². The molecule has 5 heterocycles. The molecule has 0 bridgehead atoms. The first kappa shape index (κ1) is 33.6. The Labute approximate surface area is 289 Å². The van der Waals surface area contributed by atoms with E-state index in [4.69, 9.17) is 14.8 Å². The summed E-state index contributed by atoms with van der Waals surface area (Å²) in [6, 6.07) is 5.85. The summed E-state index contributed by atoms with van der Waals surface area (Å²) < 4.78 is 38.7. The smallest absolute Gasteiger partial charge is 0.246 e. The molecule has 2 aliphatic rings. The lowest BCUT2D eigenvalue weighted by Crippen LogP contribution is -2.46. The molecule has 2 saturated heterocycles. The molecule has 2 fully saturated rings. The Bertz CT molecular complexity index is 2180. The molecule has 50 heavy (non-hydrogen) atoms. The number of hydrogen-bond acceptors (Lipinski definition) is 7. The lowest BCUT2D eigenvalue weighted by atomic mass is 9.89. The zero-order valence-corrected chi connectivity index (χ0v) is 29.1. The molecule has 0 aliphatic carbocycles. The summed E-state index contributed by atoms with van der Waals surface area (Å²) in [5.41, 5.74) is 5.72. The van der Waals surface area contributed by atoms with Gasteiger partial charge in [-0.05, 0) is 107 Å². The first-order valence-corrected chi connectivity index (χ1v) is 17.3. The van der Waals surface area contributed by atoms with Crippen molar-refractivity contribution in [3.63, 3.8) is 0 Å². The van der Waals surface area contributed by atoms with Crippen molar-refractivity contribution in [1.82, 2.24) is 34.8 Å². The number of nitrogens with one attached hydrogen (secondary N) is 1. The zero-order valence-electron chi connectivity index (χ0n) is 29.1. The minimum Gasteiger partial charge on any atom is -0.472 e. The number of carbonyl (C=O) groups excluding carboxylic acids is 1. The quantitative estimate of drug-likeness (QED) is 0.175. The Morgan fingerprint density at radius 1 is 1.14 bits per heavy atom. The van der Waals surface area contributed by atoms with Crippen LogP contribution in [0, 0.1) is 37.9 Å². The second-order valence-corrected chi connectivity index (χ2v) is 13.9. The third-order valence-corrected chi connectivity index (χ3v) is 10.9. The van der Waals surface area contributed by atoms with Crippen LogP contribution in [0.5, 0.6) is 5.88 Å². The number of alkyl halides is 1. The zero-order chi connectivity index (χ0) is 35.3. The van der Waals surface area contributed by atoms with Crippen LogP contribution < -0.4 is 4.74 Å². The van der Waals surface area contributed by atoms with Gasteiger partial charge in [-0.25, -0.2) is 13.8 Å². The number of H-pyrrole nitrogens is 1. The monoisotopic (exact) mass is 680 g/mol. The Balaban J connectivity index is 1.41. The second-order valence-electron chi connectivity index (χ2n) is 13.9. The van der Waals surface area contributed by atoms with Crippen molar-refractivity contribution in [2.75, 3.05) is 26.8 Å². The van der Waals surface area contributed by atoms with E-state index in [0.717, 1.165) is 52.5 Å². The summed E-state index contributed by atoms with van der Waals surface area (Å²) in [7, 11) is 2.09. The van der Waals surface area contributed by atoms with Crippen LogP contribution in [0.3, 0.4) is 0 Å². The molecule has 2 aromatic carbocycles. The van der Waals surface area contributed by atoms with Gasteiger partial charge >= 0.3 is 0 Å². The predicted molar refractivity (Wildman–Crippen MR) is 189 cm³/mol. The van der Waals surface area contributed by atoms with E-state index in [1.165, 1.54) is 12.2 Å². The van der Waals surface area contributed by atoms with Gasteiger partial charge < -0.3 is 9.64 Å². The molecule has 2 aliphatic heterocycles. The van der Waals surface area contributed by atoms with Gasteiger partial charge in [0.15, 0.2) is 5.82 Å². The molecule has 0 spiro atoms. The van der Waals surface area contributed by atoms with E-state index in [1.54, 1.807) is 17.3 Å². The standard InChI is InChI=1S/C38H42F2N8O2/c1-21-17-30-28(19-42-45-30)34(23(21)3)33-22(2)16-27-36(35(33)40)44-38(50-24(4)31-8-7-14-46(31)5)29-20-43-48(37(27)29)26-11-15-47(25(18-26)10-13-41)32(49)9-6-12-39/h6,9,16-17,19-20,24-26,31H,7-8,10-12,14-15,18H2,1-5H3,(H,42,45)/b9-6+/t24-,25+,26-,31-/m0/s1. The van der Waals surface area contributed by atoms with Gasteiger partial charge in [0.25, 0.3) is 0 Å². The molecule has 1 amide bonds. The number of aromatic nitrogens is 5. The Morgan fingerprint density at radius 2 is 1.96 bits per heavy atom. The SMILES string of the molecule is Cc1cc2[nH]ncc2c(-c2c(C)cc3c(nc(O[C@@H](C)[C@@H]4CCCN4C)c4cnn([C@H]5CCN(C(=O)/C=C/CF)[C@H](CC#N)C5)c43)c2F)c1C. The maximum atomic E-state index is 17.4. The molecule has 3 aromatic heterocycles. The van der Waals surface area contributed by atoms with Gasteiger partial charge in [-0.2, -0.15) is 15.5 Å². The number of carbonyl (C=O) groups is 1. The highest BCUT2D eigenvalue weighted by Crippen LogP contribution is 2.43. The number of piperidine rings is 1. The normalized spacial score (nSPS) is 20.8. The molecule has 0 radical (unpaired) electrons. The highest BCUT2D eigenvalue weighted by molar-refractivity contribution is 6.09. The van der Waals surface area contributed by atoms with Gasteiger partial charge in [-0.3, -0.25) is 19.5 Å². The van der Waals surface area contributed by atoms with Crippen LogP contribution in [0.25, 0.3) is 43.8 Å². The summed E-state index contributed by atoms with van der Waals surface area (Å²) in [5, 5.41) is 24.0. The molecule has 0 saturated carbocycles. The number of nitriles is 1. The molecular formula is C38H42F2N8O2. The van der Waals surface area contributed by atoms with Gasteiger partial charge in [0.2, 0.25) is 11.8 Å². The molecule has 260 valence electrons. The van der Waals surface area contributed by atoms with Crippen LogP contribution in [0.15, 0.2) is 36.7 Å². The fourth-order valence-corrected chi connectivity index (χ4v) is 8.20. The number of aryl methyl sites for hydroxylation is 2. The van der Waals surface area contributed by atoms with E-state index in [9.17, 15) is 14.4 Å². The first-order valence-electron chi connectivity index (χ1n) is 17.3. The van der Waals surface area contributed by atoms with Crippen LogP contribution >= 0.6 is 0 Å². The number of rotatable bonds is 8. The van der Waals surface area contributed by atoms with Crippen molar-refractivity contribution >= 4 is 38.6 Å². The van der Waals surface area contributed by atoms with Gasteiger partial charge in [0.1, 0.15) is 18.3 Å². The molecular weight excluding hydrogens is 638 g/mol. The van der Waals surface area contributed by atoms with Gasteiger partial charge in [0.05, 0.1) is 47.3 Å². The third-order valence-electron chi connectivity index (χ3n) is 10.9. The average Bonchev–Trinajstić information content (AvgIpc) is 3.86. The number of nitrogens with zero attached hydrogens (tertiary/aromatic N) is 7.